The number of nitrogens with zero attached hydrogens (tertiary/aromatic N) is 1. The lowest BCUT2D eigenvalue weighted by molar-refractivity contribution is 0.149. The number of rotatable bonds is 7. The van der Waals surface area contributed by atoms with E-state index in [1.165, 1.54) is 23.3 Å². The van der Waals surface area contributed by atoms with Crippen molar-refractivity contribution in [1.29, 1.82) is 0 Å². The summed E-state index contributed by atoms with van der Waals surface area (Å²) in [5.41, 5.74) is 1.30. The van der Waals surface area contributed by atoms with E-state index < -0.39 is 0 Å². The van der Waals surface area contributed by atoms with Gasteiger partial charge in [-0.25, -0.2) is 0 Å². The Hall–Kier alpha value is -0.540. The molecule has 0 amide bonds. The van der Waals surface area contributed by atoms with Gasteiger partial charge in [-0.15, -0.1) is 11.8 Å². The van der Waals surface area contributed by atoms with Crippen LogP contribution in [0.1, 0.15) is 39.2 Å². The zero-order valence-corrected chi connectivity index (χ0v) is 11.8. The molecular weight excluding hydrogens is 230 g/mol. The Kier molecular flexibility index (Phi) is 6.60. The van der Waals surface area contributed by atoms with Crippen molar-refractivity contribution < 1.29 is 5.11 Å². The zero-order valence-electron chi connectivity index (χ0n) is 11.0. The average molecular weight is 253 g/mol. The van der Waals surface area contributed by atoms with Crippen LogP contribution >= 0.6 is 11.8 Å². The number of thioether (sulfide) groups is 1. The first-order chi connectivity index (χ1) is 8.13. The monoisotopic (exact) mass is 253 g/mol. The zero-order chi connectivity index (χ0) is 12.7. The van der Waals surface area contributed by atoms with Gasteiger partial charge in [-0.3, -0.25) is 4.98 Å². The second-order valence-corrected chi connectivity index (χ2v) is 5.85. The van der Waals surface area contributed by atoms with Crippen molar-refractivity contribution >= 4 is 11.8 Å². The Balaban J connectivity index is 2.48. The summed E-state index contributed by atoms with van der Waals surface area (Å²) >= 11 is 1.69. The normalized spacial score (nSPS) is 13.0. The van der Waals surface area contributed by atoms with E-state index in [1.54, 1.807) is 11.8 Å². The van der Waals surface area contributed by atoms with Crippen LogP contribution in [-0.2, 0) is 6.42 Å². The van der Waals surface area contributed by atoms with Crippen molar-refractivity contribution in [3.63, 3.8) is 0 Å². The molecule has 2 nitrogen and oxygen atoms in total. The van der Waals surface area contributed by atoms with E-state index in [4.69, 9.17) is 0 Å². The number of aliphatic hydroxyl groups is 1. The molecule has 1 rings (SSSR count). The first-order valence-electron chi connectivity index (χ1n) is 6.38. The van der Waals surface area contributed by atoms with Crippen LogP contribution in [0.3, 0.4) is 0 Å². The number of aryl methyl sites for hydroxylation is 1. The van der Waals surface area contributed by atoms with E-state index in [1.807, 2.05) is 26.2 Å². The second-order valence-electron chi connectivity index (χ2n) is 4.75. The van der Waals surface area contributed by atoms with Gasteiger partial charge in [0.25, 0.3) is 0 Å². The fraction of sp³-hybridized carbons (Fsp3) is 0.643. The standard InChI is InChI=1S/C14H23NOS/c1-4-5-6-12-7-13(9-15-8-12)17-10-14(16)11(2)3/h7-9,11,14,16H,4-6,10H2,1-3H3. The van der Waals surface area contributed by atoms with Gasteiger partial charge in [-0.1, -0.05) is 27.2 Å². The van der Waals surface area contributed by atoms with E-state index in [0.717, 1.165) is 12.2 Å². The molecule has 0 saturated heterocycles. The molecule has 1 N–H and O–H groups in total. The van der Waals surface area contributed by atoms with Gasteiger partial charge in [-0.05, 0) is 30.4 Å². The first-order valence-corrected chi connectivity index (χ1v) is 7.36. The molecule has 1 heterocycles. The van der Waals surface area contributed by atoms with Crippen LogP contribution < -0.4 is 0 Å². The van der Waals surface area contributed by atoms with Crippen LogP contribution in [0.5, 0.6) is 0 Å². The summed E-state index contributed by atoms with van der Waals surface area (Å²) in [6.07, 6.45) is 7.11. The van der Waals surface area contributed by atoms with Gasteiger partial charge in [0.15, 0.2) is 0 Å². The SMILES string of the molecule is CCCCc1cncc(SCC(O)C(C)C)c1. The summed E-state index contributed by atoms with van der Waals surface area (Å²) in [5.74, 6) is 1.06. The fourth-order valence-electron chi connectivity index (χ4n) is 1.43. The third-order valence-corrected chi connectivity index (χ3v) is 3.84. The molecule has 0 aromatic carbocycles. The van der Waals surface area contributed by atoms with E-state index in [-0.39, 0.29) is 6.10 Å². The van der Waals surface area contributed by atoms with Gasteiger partial charge < -0.3 is 5.11 Å². The minimum atomic E-state index is -0.237. The van der Waals surface area contributed by atoms with Crippen molar-refractivity contribution in [1.82, 2.24) is 4.98 Å². The highest BCUT2D eigenvalue weighted by atomic mass is 32.2. The van der Waals surface area contributed by atoms with E-state index in [9.17, 15) is 5.11 Å². The van der Waals surface area contributed by atoms with Gasteiger partial charge in [0.1, 0.15) is 0 Å². The fourth-order valence-corrected chi connectivity index (χ4v) is 2.55. The van der Waals surface area contributed by atoms with Crippen molar-refractivity contribution in [2.45, 2.75) is 51.0 Å². The van der Waals surface area contributed by atoms with Gasteiger partial charge in [0.2, 0.25) is 0 Å². The Bertz CT molecular complexity index is 328. The van der Waals surface area contributed by atoms with Crippen molar-refractivity contribution in [2.24, 2.45) is 5.92 Å². The molecule has 1 atom stereocenters. The summed E-state index contributed by atoms with van der Waals surface area (Å²) in [5, 5.41) is 9.76. The molecule has 96 valence electrons. The van der Waals surface area contributed by atoms with Crippen molar-refractivity contribution in [2.75, 3.05) is 5.75 Å². The molecule has 0 aliphatic carbocycles. The van der Waals surface area contributed by atoms with Crippen LogP contribution in [-0.4, -0.2) is 21.9 Å². The molecule has 1 aromatic heterocycles. The molecular formula is C14H23NOS. The van der Waals surface area contributed by atoms with E-state index in [2.05, 4.69) is 18.0 Å². The second kappa shape index (κ2) is 7.72. The Morgan fingerprint density at radius 1 is 1.35 bits per heavy atom. The van der Waals surface area contributed by atoms with E-state index in [0.29, 0.717) is 5.92 Å². The maximum Gasteiger partial charge on any atom is 0.0656 e. The Morgan fingerprint density at radius 3 is 2.76 bits per heavy atom. The smallest absolute Gasteiger partial charge is 0.0656 e. The van der Waals surface area contributed by atoms with E-state index >= 15 is 0 Å². The third kappa shape index (κ3) is 5.55. The van der Waals surface area contributed by atoms with Crippen molar-refractivity contribution in [3.8, 4) is 0 Å². The number of hydrogen-bond donors (Lipinski definition) is 1. The molecule has 0 aliphatic rings. The minimum absolute atomic E-state index is 0.237. The number of hydrogen-bond acceptors (Lipinski definition) is 3. The molecule has 0 fully saturated rings. The molecule has 0 bridgehead atoms. The third-order valence-electron chi connectivity index (χ3n) is 2.78. The van der Waals surface area contributed by atoms with Gasteiger partial charge in [0, 0.05) is 23.0 Å². The first kappa shape index (κ1) is 14.5. The van der Waals surface area contributed by atoms with Crippen LogP contribution in [0.25, 0.3) is 0 Å². The lowest BCUT2D eigenvalue weighted by Crippen LogP contribution is -2.17. The van der Waals surface area contributed by atoms with Gasteiger partial charge >= 0.3 is 0 Å². The molecule has 0 spiro atoms. The molecule has 0 saturated carbocycles. The molecule has 1 unspecified atom stereocenters. The summed E-state index contributed by atoms with van der Waals surface area (Å²) in [6, 6.07) is 2.19. The summed E-state index contributed by atoms with van der Waals surface area (Å²) < 4.78 is 0. The summed E-state index contributed by atoms with van der Waals surface area (Å²) in [4.78, 5) is 5.42. The predicted molar refractivity (Wildman–Crippen MR) is 74.4 cm³/mol. The quantitative estimate of drug-likeness (QED) is 0.755. The highest BCUT2D eigenvalue weighted by molar-refractivity contribution is 7.99. The maximum absolute atomic E-state index is 9.76. The summed E-state index contributed by atoms with van der Waals surface area (Å²) in [7, 11) is 0. The molecule has 1 aromatic rings. The number of unbranched alkanes of at least 4 members (excludes halogenated alkanes) is 1. The van der Waals surface area contributed by atoms with Crippen LogP contribution in [0.2, 0.25) is 0 Å². The van der Waals surface area contributed by atoms with Crippen molar-refractivity contribution in [3.05, 3.63) is 24.0 Å². The van der Waals surface area contributed by atoms with Crippen LogP contribution in [0, 0.1) is 5.92 Å². The molecule has 3 heteroatoms. The number of aliphatic hydroxyl groups excluding tert-OH is 1. The predicted octanol–water partition coefficient (Wildman–Crippen LogP) is 3.53. The average Bonchev–Trinajstić information content (AvgIpc) is 2.33. The lowest BCUT2D eigenvalue weighted by Gasteiger charge is -2.13. The highest BCUT2D eigenvalue weighted by Crippen LogP contribution is 2.21. The number of pyridine rings is 1. The summed E-state index contributed by atoms with van der Waals surface area (Å²) in [6.45, 7) is 6.29. The molecule has 0 aliphatic heterocycles. The van der Waals surface area contributed by atoms with Gasteiger partial charge in [0.05, 0.1) is 6.10 Å². The molecule has 0 radical (unpaired) electrons. The Labute approximate surface area is 109 Å². The van der Waals surface area contributed by atoms with Gasteiger partial charge in [-0.2, -0.15) is 0 Å². The maximum atomic E-state index is 9.76. The minimum Gasteiger partial charge on any atom is -0.392 e. The Morgan fingerprint density at radius 2 is 2.12 bits per heavy atom. The number of aromatic nitrogens is 1. The topological polar surface area (TPSA) is 33.1 Å². The highest BCUT2D eigenvalue weighted by Gasteiger charge is 2.09. The molecule has 17 heavy (non-hydrogen) atoms. The van der Waals surface area contributed by atoms with Crippen LogP contribution in [0.15, 0.2) is 23.4 Å². The largest absolute Gasteiger partial charge is 0.392 e. The van der Waals surface area contributed by atoms with Crippen LogP contribution in [0.4, 0.5) is 0 Å². The lowest BCUT2D eigenvalue weighted by atomic mass is 10.1.